The largest absolute Gasteiger partial charge is 0.382 e. The molecule has 1 fully saturated rings. The summed E-state index contributed by atoms with van der Waals surface area (Å²) in [5.41, 5.74) is 0.612. The first-order valence-electron chi connectivity index (χ1n) is 7.26. The third kappa shape index (κ3) is 3.52. The molecule has 1 aliphatic rings. The summed E-state index contributed by atoms with van der Waals surface area (Å²) in [5, 5.41) is 11.1. The zero-order valence-corrected chi connectivity index (χ0v) is 13.0. The van der Waals surface area contributed by atoms with Crippen LogP contribution in [0.1, 0.15) is 33.1 Å². The second-order valence-electron chi connectivity index (χ2n) is 5.85. The molecule has 1 aromatic rings. The average Bonchev–Trinajstić information content (AvgIpc) is 2.44. The molecule has 20 heavy (non-hydrogen) atoms. The Morgan fingerprint density at radius 2 is 2.40 bits per heavy atom. The Bertz CT molecular complexity index is 508. The van der Waals surface area contributed by atoms with E-state index in [2.05, 4.69) is 22.7 Å². The van der Waals surface area contributed by atoms with E-state index in [1.165, 1.54) is 17.5 Å². The lowest BCUT2D eigenvalue weighted by Gasteiger charge is -2.34. The zero-order valence-electron chi connectivity index (χ0n) is 12.2. The third-order valence-electron chi connectivity index (χ3n) is 3.81. The molecule has 0 aliphatic carbocycles. The number of halogens is 1. The van der Waals surface area contributed by atoms with Crippen LogP contribution in [0.15, 0.2) is 11.0 Å². The van der Waals surface area contributed by atoms with E-state index < -0.39 is 0 Å². The zero-order chi connectivity index (χ0) is 14.6. The van der Waals surface area contributed by atoms with Crippen molar-refractivity contribution in [3.05, 3.63) is 21.6 Å². The highest BCUT2D eigenvalue weighted by atomic mass is 35.5. The Hall–Kier alpha value is -1.07. The summed E-state index contributed by atoms with van der Waals surface area (Å²) in [6, 6.07) is 0. The van der Waals surface area contributed by atoms with E-state index in [4.69, 9.17) is 11.6 Å². The lowest BCUT2D eigenvalue weighted by Crippen LogP contribution is -2.42. The first-order chi connectivity index (χ1) is 9.56. The van der Waals surface area contributed by atoms with E-state index in [1.54, 1.807) is 6.20 Å². The smallest absolute Gasteiger partial charge is 0.287 e. The summed E-state index contributed by atoms with van der Waals surface area (Å²) in [4.78, 5) is 12.0. The van der Waals surface area contributed by atoms with Crippen LogP contribution in [0, 0.1) is 5.41 Å². The minimum atomic E-state index is -0.217. The van der Waals surface area contributed by atoms with Gasteiger partial charge in [0.15, 0.2) is 0 Å². The summed E-state index contributed by atoms with van der Waals surface area (Å²) < 4.78 is 1.41. The number of hydrogen-bond donors (Lipinski definition) is 2. The van der Waals surface area contributed by atoms with Gasteiger partial charge in [-0.25, -0.2) is 4.68 Å². The monoisotopic (exact) mass is 298 g/mol. The van der Waals surface area contributed by atoms with Crippen LogP contribution in [0.25, 0.3) is 0 Å². The Labute approximate surface area is 124 Å². The Kier molecular flexibility index (Phi) is 5.05. The molecular weight excluding hydrogens is 276 g/mol. The van der Waals surface area contributed by atoms with Crippen LogP contribution in [-0.2, 0) is 6.54 Å². The van der Waals surface area contributed by atoms with Crippen LogP contribution >= 0.6 is 11.6 Å². The molecule has 1 atom stereocenters. The van der Waals surface area contributed by atoms with Crippen molar-refractivity contribution >= 4 is 17.3 Å². The minimum absolute atomic E-state index is 0.194. The lowest BCUT2D eigenvalue weighted by atomic mass is 9.83. The van der Waals surface area contributed by atoms with Gasteiger partial charge in [0.2, 0.25) is 0 Å². The molecule has 6 heteroatoms. The summed E-state index contributed by atoms with van der Waals surface area (Å²) in [7, 11) is 0. The van der Waals surface area contributed by atoms with Crippen molar-refractivity contribution < 1.29 is 0 Å². The Balaban J connectivity index is 2.06. The first kappa shape index (κ1) is 15.3. The van der Waals surface area contributed by atoms with Gasteiger partial charge in [0.1, 0.15) is 5.02 Å². The molecule has 1 saturated heterocycles. The molecule has 112 valence electrons. The van der Waals surface area contributed by atoms with E-state index in [-0.39, 0.29) is 16.0 Å². The van der Waals surface area contributed by atoms with Gasteiger partial charge in [-0.05, 0) is 31.2 Å². The minimum Gasteiger partial charge on any atom is -0.382 e. The van der Waals surface area contributed by atoms with Crippen LogP contribution in [0.4, 0.5) is 5.69 Å². The van der Waals surface area contributed by atoms with Crippen molar-refractivity contribution in [2.24, 2.45) is 5.41 Å². The van der Waals surface area contributed by atoms with Crippen LogP contribution in [-0.4, -0.2) is 29.4 Å². The maximum atomic E-state index is 12.0. The fourth-order valence-electron chi connectivity index (χ4n) is 2.54. The molecule has 0 spiro atoms. The topological polar surface area (TPSA) is 59.0 Å². The number of aromatic nitrogens is 2. The van der Waals surface area contributed by atoms with Gasteiger partial charge < -0.3 is 10.6 Å². The molecule has 1 aromatic heterocycles. The van der Waals surface area contributed by atoms with Crippen molar-refractivity contribution in [2.75, 3.05) is 25.0 Å². The van der Waals surface area contributed by atoms with Gasteiger partial charge in [-0.3, -0.25) is 4.79 Å². The number of rotatable bonds is 5. The van der Waals surface area contributed by atoms with E-state index in [0.717, 1.165) is 26.1 Å². The van der Waals surface area contributed by atoms with Crippen molar-refractivity contribution in [1.82, 2.24) is 15.1 Å². The summed E-state index contributed by atoms with van der Waals surface area (Å²) in [6.07, 6.45) is 4.87. The van der Waals surface area contributed by atoms with Crippen molar-refractivity contribution in [1.29, 1.82) is 0 Å². The average molecular weight is 299 g/mol. The number of hydrogen-bond acceptors (Lipinski definition) is 4. The molecule has 2 heterocycles. The molecule has 0 saturated carbocycles. The van der Waals surface area contributed by atoms with E-state index in [9.17, 15) is 4.79 Å². The van der Waals surface area contributed by atoms with E-state index in [1.807, 2.05) is 6.92 Å². The maximum absolute atomic E-state index is 12.0. The standard InChI is InChI=1S/C14H23ClN4O/c1-3-7-19-13(20)12(15)11(8-18-19)17-10-14(2)5-4-6-16-9-14/h8,16-17H,3-7,9-10H2,1-2H3. The fourth-order valence-corrected chi connectivity index (χ4v) is 2.75. The normalized spacial score (nSPS) is 22.8. The highest BCUT2D eigenvalue weighted by Crippen LogP contribution is 2.26. The number of anilines is 1. The van der Waals surface area contributed by atoms with Gasteiger partial charge in [0.05, 0.1) is 11.9 Å². The summed E-state index contributed by atoms with van der Waals surface area (Å²) in [6.45, 7) is 7.71. The second kappa shape index (κ2) is 6.59. The predicted octanol–water partition coefficient (Wildman–Crippen LogP) is 2.11. The number of aryl methyl sites for hydroxylation is 1. The second-order valence-corrected chi connectivity index (χ2v) is 6.22. The van der Waals surface area contributed by atoms with Crippen molar-refractivity contribution in [2.45, 2.75) is 39.7 Å². The van der Waals surface area contributed by atoms with Gasteiger partial charge >= 0.3 is 0 Å². The lowest BCUT2D eigenvalue weighted by molar-refractivity contribution is 0.253. The van der Waals surface area contributed by atoms with Gasteiger partial charge in [-0.15, -0.1) is 0 Å². The summed E-state index contributed by atoms with van der Waals surface area (Å²) >= 11 is 6.15. The predicted molar refractivity (Wildman–Crippen MR) is 82.5 cm³/mol. The van der Waals surface area contributed by atoms with Gasteiger partial charge in [-0.2, -0.15) is 5.10 Å². The van der Waals surface area contributed by atoms with Crippen LogP contribution in [0.2, 0.25) is 5.02 Å². The molecule has 0 aromatic carbocycles. The van der Waals surface area contributed by atoms with Gasteiger partial charge in [0, 0.05) is 19.6 Å². The highest BCUT2D eigenvalue weighted by molar-refractivity contribution is 6.32. The molecule has 1 unspecified atom stereocenters. The highest BCUT2D eigenvalue weighted by Gasteiger charge is 2.26. The van der Waals surface area contributed by atoms with Crippen molar-refractivity contribution in [3.8, 4) is 0 Å². The molecule has 0 radical (unpaired) electrons. The number of piperidine rings is 1. The van der Waals surface area contributed by atoms with Gasteiger partial charge in [0.25, 0.3) is 5.56 Å². The fraction of sp³-hybridized carbons (Fsp3) is 0.714. The third-order valence-corrected chi connectivity index (χ3v) is 4.18. The molecule has 2 rings (SSSR count). The Morgan fingerprint density at radius 1 is 1.60 bits per heavy atom. The summed E-state index contributed by atoms with van der Waals surface area (Å²) in [5.74, 6) is 0. The van der Waals surface area contributed by atoms with E-state index in [0.29, 0.717) is 12.2 Å². The molecule has 2 N–H and O–H groups in total. The van der Waals surface area contributed by atoms with Crippen LogP contribution in [0.5, 0.6) is 0 Å². The van der Waals surface area contributed by atoms with E-state index >= 15 is 0 Å². The molecule has 0 bridgehead atoms. The molecule has 0 amide bonds. The molecule has 5 nitrogen and oxygen atoms in total. The van der Waals surface area contributed by atoms with Crippen LogP contribution in [0.3, 0.4) is 0 Å². The first-order valence-corrected chi connectivity index (χ1v) is 7.64. The van der Waals surface area contributed by atoms with Crippen LogP contribution < -0.4 is 16.2 Å². The van der Waals surface area contributed by atoms with Crippen molar-refractivity contribution in [3.63, 3.8) is 0 Å². The molecular formula is C14H23ClN4O. The Morgan fingerprint density at radius 3 is 3.05 bits per heavy atom. The maximum Gasteiger partial charge on any atom is 0.287 e. The number of nitrogens with zero attached hydrogens (tertiary/aromatic N) is 2. The molecule has 1 aliphatic heterocycles. The quantitative estimate of drug-likeness (QED) is 0.874. The SMILES string of the molecule is CCCn1ncc(NCC2(C)CCCNC2)c(Cl)c1=O. The van der Waals surface area contributed by atoms with Gasteiger partial charge in [-0.1, -0.05) is 25.4 Å². The number of nitrogens with one attached hydrogen (secondary N) is 2.